The van der Waals surface area contributed by atoms with Crippen LogP contribution in [0.4, 0.5) is 4.39 Å². The van der Waals surface area contributed by atoms with E-state index in [1.165, 1.54) is 12.1 Å². The van der Waals surface area contributed by atoms with Crippen LogP contribution in [-0.2, 0) is 6.54 Å². The number of hydrogen-bond acceptors (Lipinski definition) is 2. The summed E-state index contributed by atoms with van der Waals surface area (Å²) in [4.78, 5) is 15.6. The smallest absolute Gasteiger partial charge is 0.267 e. The van der Waals surface area contributed by atoms with Crippen LogP contribution in [0.3, 0.4) is 0 Å². The lowest BCUT2D eigenvalue weighted by Crippen LogP contribution is -2.13. The number of rotatable bonds is 3. The number of nitrogens with two attached hydrogens (primary N) is 1. The molecule has 0 aliphatic heterocycles. The van der Waals surface area contributed by atoms with Crippen LogP contribution in [0.2, 0.25) is 5.02 Å². The molecule has 0 spiro atoms. The van der Waals surface area contributed by atoms with Gasteiger partial charge in [0.2, 0.25) is 0 Å². The van der Waals surface area contributed by atoms with Crippen molar-refractivity contribution >= 4 is 28.5 Å². The Labute approximate surface area is 131 Å². The molecule has 3 aromatic rings. The molecule has 2 aromatic heterocycles. The lowest BCUT2D eigenvalue weighted by Gasteiger charge is -2.02. The minimum atomic E-state index is -0.579. The van der Waals surface area contributed by atoms with E-state index in [2.05, 4.69) is 4.98 Å². The number of halogens is 2. The number of fused-ring (bicyclic) bond motifs is 1. The van der Waals surface area contributed by atoms with Crippen molar-refractivity contribution in [1.29, 1.82) is 0 Å². The molecule has 0 aliphatic rings. The van der Waals surface area contributed by atoms with Gasteiger partial charge in [-0.2, -0.15) is 0 Å². The van der Waals surface area contributed by atoms with Gasteiger partial charge in [-0.05, 0) is 36.8 Å². The maximum Gasteiger partial charge on any atom is 0.267 e. The molecule has 0 bridgehead atoms. The second-order valence-electron chi connectivity index (χ2n) is 4.89. The van der Waals surface area contributed by atoms with Crippen molar-refractivity contribution in [3.63, 3.8) is 0 Å². The van der Waals surface area contributed by atoms with Gasteiger partial charge >= 0.3 is 0 Å². The van der Waals surface area contributed by atoms with Crippen LogP contribution in [-0.4, -0.2) is 15.5 Å². The molecule has 0 saturated heterocycles. The second kappa shape index (κ2) is 5.42. The van der Waals surface area contributed by atoms with Gasteiger partial charge in [-0.3, -0.25) is 4.79 Å². The number of pyridine rings is 1. The third-order valence-electron chi connectivity index (χ3n) is 3.55. The van der Waals surface area contributed by atoms with Gasteiger partial charge in [0.25, 0.3) is 5.91 Å². The molecule has 2 heterocycles. The van der Waals surface area contributed by atoms with Crippen LogP contribution in [0, 0.1) is 5.82 Å². The van der Waals surface area contributed by atoms with Crippen molar-refractivity contribution in [2.75, 3.05) is 0 Å². The predicted octanol–water partition coefficient (Wildman–Crippen LogP) is 3.61. The summed E-state index contributed by atoms with van der Waals surface area (Å²) in [7, 11) is 0. The lowest BCUT2D eigenvalue weighted by molar-refractivity contribution is 0.0996. The number of hydrogen-bond donors (Lipinski definition) is 1. The monoisotopic (exact) mass is 317 g/mol. The normalized spacial score (nSPS) is 11.0. The third kappa shape index (κ3) is 2.33. The average Bonchev–Trinajstić information content (AvgIpc) is 2.88. The molecule has 4 nitrogen and oxygen atoms in total. The van der Waals surface area contributed by atoms with Gasteiger partial charge in [0.15, 0.2) is 0 Å². The van der Waals surface area contributed by atoms with E-state index in [-0.39, 0.29) is 10.7 Å². The zero-order valence-electron chi connectivity index (χ0n) is 11.8. The van der Waals surface area contributed by atoms with E-state index in [0.717, 1.165) is 10.9 Å². The summed E-state index contributed by atoms with van der Waals surface area (Å²) in [6.07, 6.45) is 1.88. The maximum absolute atomic E-state index is 13.7. The quantitative estimate of drug-likeness (QED) is 0.802. The van der Waals surface area contributed by atoms with Crippen LogP contribution in [0.25, 0.3) is 22.2 Å². The number of benzene rings is 1. The average molecular weight is 318 g/mol. The highest BCUT2D eigenvalue weighted by Crippen LogP contribution is 2.31. The molecule has 0 unspecified atom stereocenters. The van der Waals surface area contributed by atoms with Crippen LogP contribution in [0.5, 0.6) is 0 Å². The molecule has 112 valence electrons. The first-order valence-corrected chi connectivity index (χ1v) is 7.14. The van der Waals surface area contributed by atoms with Gasteiger partial charge in [-0.25, -0.2) is 9.37 Å². The first kappa shape index (κ1) is 14.5. The highest BCUT2D eigenvalue weighted by atomic mass is 35.5. The SMILES string of the molecule is CCn1cc(-c2ccc(Cl)c(F)c2)c2ccc(C(N)=O)nc21. The summed E-state index contributed by atoms with van der Waals surface area (Å²) >= 11 is 5.73. The summed E-state index contributed by atoms with van der Waals surface area (Å²) in [6.45, 7) is 2.63. The Bertz CT molecular complexity index is 888. The van der Waals surface area contributed by atoms with E-state index in [1.807, 2.05) is 17.7 Å². The van der Waals surface area contributed by atoms with E-state index >= 15 is 0 Å². The molecule has 0 fully saturated rings. The zero-order valence-corrected chi connectivity index (χ0v) is 12.6. The standard InChI is InChI=1S/C16H13ClFN3O/c1-2-21-8-11(9-3-5-12(17)13(18)7-9)10-4-6-14(15(19)22)20-16(10)21/h3-8H,2H2,1H3,(H2,19,22). The number of aryl methyl sites for hydroxylation is 1. The minimum absolute atomic E-state index is 0.0807. The van der Waals surface area contributed by atoms with Gasteiger partial charge in [0, 0.05) is 23.7 Å². The Kier molecular flexibility index (Phi) is 3.58. The Morgan fingerprint density at radius 1 is 1.36 bits per heavy atom. The van der Waals surface area contributed by atoms with E-state index in [1.54, 1.807) is 18.2 Å². The summed E-state index contributed by atoms with van der Waals surface area (Å²) < 4.78 is 15.6. The fourth-order valence-electron chi connectivity index (χ4n) is 2.44. The van der Waals surface area contributed by atoms with Crippen molar-refractivity contribution < 1.29 is 9.18 Å². The third-order valence-corrected chi connectivity index (χ3v) is 3.85. The maximum atomic E-state index is 13.7. The van der Waals surface area contributed by atoms with Gasteiger partial charge in [-0.15, -0.1) is 0 Å². The van der Waals surface area contributed by atoms with Gasteiger partial charge in [-0.1, -0.05) is 17.7 Å². The number of primary amides is 1. The Hall–Kier alpha value is -2.40. The van der Waals surface area contributed by atoms with E-state index in [4.69, 9.17) is 17.3 Å². The van der Waals surface area contributed by atoms with Crippen molar-refractivity contribution in [3.8, 4) is 11.1 Å². The van der Waals surface area contributed by atoms with E-state index in [9.17, 15) is 9.18 Å². The Balaban J connectivity index is 2.26. The fraction of sp³-hybridized carbons (Fsp3) is 0.125. The number of carbonyl (C=O) groups is 1. The molecule has 1 amide bonds. The van der Waals surface area contributed by atoms with Gasteiger partial charge in [0.1, 0.15) is 17.2 Å². The lowest BCUT2D eigenvalue weighted by atomic mass is 10.1. The summed E-state index contributed by atoms with van der Waals surface area (Å²) in [5.41, 5.74) is 7.65. The summed E-state index contributed by atoms with van der Waals surface area (Å²) in [5, 5.41) is 0.908. The Morgan fingerprint density at radius 2 is 2.14 bits per heavy atom. The van der Waals surface area contributed by atoms with Crippen molar-refractivity contribution in [3.05, 3.63) is 53.1 Å². The van der Waals surface area contributed by atoms with Crippen LogP contribution < -0.4 is 5.73 Å². The number of nitrogens with zero attached hydrogens (tertiary/aromatic N) is 2. The topological polar surface area (TPSA) is 60.9 Å². The molecule has 6 heteroatoms. The predicted molar refractivity (Wildman–Crippen MR) is 84.3 cm³/mol. The second-order valence-corrected chi connectivity index (χ2v) is 5.30. The van der Waals surface area contributed by atoms with Crippen LogP contribution >= 0.6 is 11.6 Å². The first-order chi connectivity index (χ1) is 10.5. The molecule has 22 heavy (non-hydrogen) atoms. The molecule has 0 atom stereocenters. The first-order valence-electron chi connectivity index (χ1n) is 6.76. The summed E-state index contributed by atoms with van der Waals surface area (Å²) in [5.74, 6) is -1.05. The number of carbonyl (C=O) groups excluding carboxylic acids is 1. The highest BCUT2D eigenvalue weighted by Gasteiger charge is 2.14. The number of aromatic nitrogens is 2. The highest BCUT2D eigenvalue weighted by molar-refractivity contribution is 6.30. The number of amides is 1. The van der Waals surface area contributed by atoms with Gasteiger partial charge in [0.05, 0.1) is 5.02 Å². The molecule has 0 saturated carbocycles. The van der Waals surface area contributed by atoms with Crippen LogP contribution in [0.15, 0.2) is 36.5 Å². The molecule has 0 aliphatic carbocycles. The molecule has 3 rings (SSSR count). The van der Waals surface area contributed by atoms with E-state index < -0.39 is 11.7 Å². The van der Waals surface area contributed by atoms with E-state index in [0.29, 0.717) is 17.8 Å². The van der Waals surface area contributed by atoms with Crippen molar-refractivity contribution in [2.24, 2.45) is 5.73 Å². The minimum Gasteiger partial charge on any atom is -0.364 e. The summed E-state index contributed by atoms with van der Waals surface area (Å²) in [6, 6.07) is 8.00. The Morgan fingerprint density at radius 3 is 2.77 bits per heavy atom. The zero-order chi connectivity index (χ0) is 15.9. The molecule has 2 N–H and O–H groups in total. The fourth-order valence-corrected chi connectivity index (χ4v) is 2.55. The van der Waals surface area contributed by atoms with Gasteiger partial charge < -0.3 is 10.3 Å². The molecule has 0 radical (unpaired) electrons. The molecule has 1 aromatic carbocycles. The van der Waals surface area contributed by atoms with Crippen molar-refractivity contribution in [1.82, 2.24) is 9.55 Å². The molecular weight excluding hydrogens is 305 g/mol. The molecular formula is C16H13ClFN3O. The van der Waals surface area contributed by atoms with Crippen molar-refractivity contribution in [2.45, 2.75) is 13.5 Å². The van der Waals surface area contributed by atoms with Crippen LogP contribution in [0.1, 0.15) is 17.4 Å². The largest absolute Gasteiger partial charge is 0.364 e.